The molecule has 134 valence electrons. The summed E-state index contributed by atoms with van der Waals surface area (Å²) in [7, 11) is 1.75. The highest BCUT2D eigenvalue weighted by Gasteiger charge is 2.24. The second-order valence-electron chi connectivity index (χ2n) is 5.81. The van der Waals surface area contributed by atoms with Gasteiger partial charge in [-0.15, -0.1) is 11.3 Å². The van der Waals surface area contributed by atoms with Crippen LogP contribution in [-0.2, 0) is 4.74 Å². The molecule has 1 unspecified atom stereocenters. The third-order valence-corrected chi connectivity index (χ3v) is 4.86. The van der Waals surface area contributed by atoms with Gasteiger partial charge in [-0.2, -0.15) is 0 Å². The third-order valence-electron chi connectivity index (χ3n) is 3.93. The van der Waals surface area contributed by atoms with Gasteiger partial charge in [-0.1, -0.05) is 0 Å². The van der Waals surface area contributed by atoms with Gasteiger partial charge in [0.05, 0.1) is 24.4 Å². The van der Waals surface area contributed by atoms with E-state index >= 15 is 0 Å². The van der Waals surface area contributed by atoms with Crippen molar-refractivity contribution in [2.24, 2.45) is 10.9 Å². The van der Waals surface area contributed by atoms with Crippen molar-refractivity contribution in [3.05, 3.63) is 16.1 Å². The maximum absolute atomic E-state index is 12.0. The minimum absolute atomic E-state index is 0.0727. The number of methoxy groups -OCH3 is 1. The van der Waals surface area contributed by atoms with Crippen molar-refractivity contribution in [2.45, 2.75) is 20.3 Å². The molecule has 2 N–H and O–H groups in total. The van der Waals surface area contributed by atoms with Crippen LogP contribution in [0.25, 0.3) is 0 Å². The van der Waals surface area contributed by atoms with Crippen LogP contribution in [0.2, 0.25) is 0 Å². The molecule has 0 aromatic carbocycles. The van der Waals surface area contributed by atoms with Crippen molar-refractivity contribution in [2.75, 3.05) is 46.4 Å². The lowest BCUT2D eigenvalue weighted by Gasteiger charge is -2.21. The number of ether oxygens (including phenoxy) is 1. The Morgan fingerprint density at radius 3 is 3.04 bits per heavy atom. The van der Waals surface area contributed by atoms with Crippen molar-refractivity contribution in [1.29, 1.82) is 0 Å². The maximum atomic E-state index is 12.0. The summed E-state index contributed by atoms with van der Waals surface area (Å²) in [5.41, 5.74) is 2.46. The second-order valence-corrected chi connectivity index (χ2v) is 6.67. The van der Waals surface area contributed by atoms with Crippen LogP contribution < -0.4 is 10.6 Å². The number of nitrogens with zero attached hydrogens (tertiary/aromatic N) is 3. The first-order chi connectivity index (χ1) is 11.7. The lowest BCUT2D eigenvalue weighted by molar-refractivity contribution is 0.0958. The Morgan fingerprint density at radius 1 is 1.54 bits per heavy atom. The molecule has 2 rings (SSSR count). The average molecular weight is 353 g/mol. The minimum Gasteiger partial charge on any atom is -0.384 e. The van der Waals surface area contributed by atoms with E-state index in [0.29, 0.717) is 23.9 Å². The summed E-state index contributed by atoms with van der Waals surface area (Å²) < 4.78 is 5.25. The average Bonchev–Trinajstić information content (AvgIpc) is 3.19. The van der Waals surface area contributed by atoms with Gasteiger partial charge < -0.3 is 20.3 Å². The first kappa shape index (κ1) is 18.7. The van der Waals surface area contributed by atoms with Crippen LogP contribution in [0.15, 0.2) is 10.5 Å². The van der Waals surface area contributed by atoms with Gasteiger partial charge in [0, 0.05) is 39.2 Å². The number of thiazole rings is 1. The van der Waals surface area contributed by atoms with Crippen molar-refractivity contribution in [3.63, 3.8) is 0 Å². The van der Waals surface area contributed by atoms with Crippen LogP contribution in [0.3, 0.4) is 0 Å². The molecule has 0 radical (unpaired) electrons. The molecular weight excluding hydrogens is 326 g/mol. The highest BCUT2D eigenvalue weighted by Crippen LogP contribution is 2.16. The first-order valence-corrected chi connectivity index (χ1v) is 9.24. The van der Waals surface area contributed by atoms with Gasteiger partial charge in [0.15, 0.2) is 5.96 Å². The van der Waals surface area contributed by atoms with Crippen LogP contribution in [0.4, 0.5) is 0 Å². The lowest BCUT2D eigenvalue weighted by Crippen LogP contribution is -2.40. The number of carbonyl (C=O) groups is 1. The van der Waals surface area contributed by atoms with E-state index in [0.717, 1.165) is 44.3 Å². The van der Waals surface area contributed by atoms with Crippen molar-refractivity contribution in [3.8, 4) is 0 Å². The molecule has 1 aromatic rings. The van der Waals surface area contributed by atoms with E-state index in [-0.39, 0.29) is 5.91 Å². The van der Waals surface area contributed by atoms with Crippen molar-refractivity contribution < 1.29 is 9.53 Å². The molecule has 0 bridgehead atoms. The second kappa shape index (κ2) is 9.58. The molecule has 8 heteroatoms. The number of hydrogen-bond acceptors (Lipinski definition) is 5. The number of aryl methyl sites for hydroxylation is 1. The number of aliphatic imine (C=N–C) groups is 1. The molecule has 1 aliphatic rings. The Labute approximate surface area is 147 Å². The number of amides is 1. The Kier molecular flexibility index (Phi) is 7.45. The molecule has 1 aromatic heterocycles. The molecular formula is C16H27N5O2S. The number of rotatable bonds is 7. The number of hydrogen-bond donors (Lipinski definition) is 2. The zero-order valence-corrected chi connectivity index (χ0v) is 15.5. The molecule has 0 aliphatic carbocycles. The monoisotopic (exact) mass is 353 g/mol. The van der Waals surface area contributed by atoms with E-state index < -0.39 is 0 Å². The zero-order chi connectivity index (χ0) is 17.4. The van der Waals surface area contributed by atoms with Gasteiger partial charge in [-0.3, -0.25) is 9.79 Å². The van der Waals surface area contributed by atoms with E-state index in [4.69, 9.17) is 4.74 Å². The van der Waals surface area contributed by atoms with Gasteiger partial charge in [0.1, 0.15) is 4.88 Å². The van der Waals surface area contributed by atoms with E-state index in [1.807, 2.05) is 6.92 Å². The van der Waals surface area contributed by atoms with E-state index in [1.54, 1.807) is 12.6 Å². The van der Waals surface area contributed by atoms with Gasteiger partial charge in [0.25, 0.3) is 5.91 Å². The number of likely N-dealkylation sites (tertiary alicyclic amines) is 1. The van der Waals surface area contributed by atoms with Gasteiger partial charge in [-0.25, -0.2) is 4.98 Å². The lowest BCUT2D eigenvalue weighted by atomic mass is 10.1. The van der Waals surface area contributed by atoms with Crippen LogP contribution in [0.5, 0.6) is 0 Å². The molecule has 2 heterocycles. The van der Waals surface area contributed by atoms with Gasteiger partial charge in [-0.05, 0) is 20.3 Å². The summed E-state index contributed by atoms with van der Waals surface area (Å²) in [5.74, 6) is 1.41. The topological polar surface area (TPSA) is 78.8 Å². The van der Waals surface area contributed by atoms with E-state index in [1.165, 1.54) is 11.3 Å². The number of nitrogens with one attached hydrogen (secondary N) is 2. The molecule has 0 spiro atoms. The Hall–Kier alpha value is -1.67. The SMILES string of the molecule is CCNC(=NCCNC(=O)c1scnc1C)N1CCC(COC)C1. The Balaban J connectivity index is 1.81. The highest BCUT2D eigenvalue weighted by molar-refractivity contribution is 7.11. The summed E-state index contributed by atoms with van der Waals surface area (Å²) >= 11 is 1.36. The summed E-state index contributed by atoms with van der Waals surface area (Å²) in [6.45, 7) is 8.55. The smallest absolute Gasteiger partial charge is 0.263 e. The third kappa shape index (κ3) is 5.17. The standard InChI is InChI=1S/C16H27N5O2S/c1-4-17-16(21-8-5-13(9-21)10-23-3)19-7-6-18-15(22)14-12(2)20-11-24-14/h11,13H,4-10H2,1-3H3,(H,17,19)(H,18,22). The number of guanidine groups is 1. The van der Waals surface area contributed by atoms with Crippen LogP contribution in [0.1, 0.15) is 28.7 Å². The summed E-state index contributed by atoms with van der Waals surface area (Å²) in [6, 6.07) is 0. The summed E-state index contributed by atoms with van der Waals surface area (Å²) in [5, 5.41) is 6.23. The summed E-state index contributed by atoms with van der Waals surface area (Å²) in [6.07, 6.45) is 1.12. The van der Waals surface area contributed by atoms with Crippen molar-refractivity contribution >= 4 is 23.2 Å². The van der Waals surface area contributed by atoms with Crippen LogP contribution in [-0.4, -0.2) is 68.2 Å². The van der Waals surface area contributed by atoms with Crippen LogP contribution in [0, 0.1) is 12.8 Å². The van der Waals surface area contributed by atoms with E-state index in [9.17, 15) is 4.79 Å². The molecule has 1 fully saturated rings. The predicted octanol–water partition coefficient (Wildman–Crippen LogP) is 1.12. The summed E-state index contributed by atoms with van der Waals surface area (Å²) in [4.78, 5) is 23.7. The van der Waals surface area contributed by atoms with E-state index in [2.05, 4.69) is 32.4 Å². The van der Waals surface area contributed by atoms with Crippen LogP contribution >= 0.6 is 11.3 Å². The largest absolute Gasteiger partial charge is 0.384 e. The minimum atomic E-state index is -0.0727. The van der Waals surface area contributed by atoms with Gasteiger partial charge >= 0.3 is 0 Å². The Bertz CT molecular complexity index is 560. The Morgan fingerprint density at radius 2 is 2.38 bits per heavy atom. The quantitative estimate of drug-likeness (QED) is 0.436. The van der Waals surface area contributed by atoms with Crippen molar-refractivity contribution in [1.82, 2.24) is 20.5 Å². The fraction of sp³-hybridized carbons (Fsp3) is 0.688. The van der Waals surface area contributed by atoms with Gasteiger partial charge in [0.2, 0.25) is 0 Å². The molecule has 1 saturated heterocycles. The first-order valence-electron chi connectivity index (χ1n) is 8.36. The molecule has 0 saturated carbocycles. The fourth-order valence-electron chi connectivity index (χ4n) is 2.75. The molecule has 1 amide bonds. The number of carbonyl (C=O) groups excluding carboxylic acids is 1. The zero-order valence-electron chi connectivity index (χ0n) is 14.7. The fourth-order valence-corrected chi connectivity index (χ4v) is 3.47. The highest BCUT2D eigenvalue weighted by atomic mass is 32.1. The maximum Gasteiger partial charge on any atom is 0.263 e. The molecule has 1 aliphatic heterocycles. The molecule has 24 heavy (non-hydrogen) atoms. The normalized spacial score (nSPS) is 18.0. The predicted molar refractivity (Wildman–Crippen MR) is 96.7 cm³/mol. The molecule has 7 nitrogen and oxygen atoms in total. The molecule has 1 atom stereocenters. The number of aromatic nitrogens is 1.